The van der Waals surface area contributed by atoms with Gasteiger partial charge in [0.25, 0.3) is 0 Å². The number of carbonyl (C=O) groups is 1. The average molecular weight is 536 g/mol. The summed E-state index contributed by atoms with van der Waals surface area (Å²) in [5.41, 5.74) is 2.98. The molecule has 1 saturated heterocycles. The Morgan fingerprint density at radius 2 is 1.84 bits per heavy atom. The molecule has 0 aliphatic carbocycles. The fourth-order valence-corrected chi connectivity index (χ4v) is 3.54. The molecular weight excluding hydrogens is 503 g/mol. The zero-order valence-electron chi connectivity index (χ0n) is 18.1. The van der Waals surface area contributed by atoms with Crippen LogP contribution < -0.4 is 15.5 Å². The molecule has 3 rings (SSSR count). The number of piperidine rings is 1. The number of aliphatic hydroxyl groups excluding tert-OH is 1. The molecule has 0 radical (unpaired) electrons. The minimum atomic E-state index is -0.494. The number of aliphatic hydroxyl groups is 1. The molecule has 0 bridgehead atoms. The molecule has 31 heavy (non-hydrogen) atoms. The first-order valence-electron chi connectivity index (χ1n) is 10.8. The number of anilines is 1. The number of amides is 1. The molecule has 1 fully saturated rings. The van der Waals surface area contributed by atoms with Crippen LogP contribution in [0.3, 0.4) is 0 Å². The van der Waals surface area contributed by atoms with Crippen LogP contribution in [-0.4, -0.2) is 36.6 Å². The van der Waals surface area contributed by atoms with Crippen LogP contribution in [0.2, 0.25) is 0 Å². The highest BCUT2D eigenvalue weighted by Crippen LogP contribution is 2.21. The van der Waals surface area contributed by atoms with Gasteiger partial charge in [0, 0.05) is 31.7 Å². The van der Waals surface area contributed by atoms with Gasteiger partial charge >= 0.3 is 0 Å². The third-order valence-electron chi connectivity index (χ3n) is 5.23. The van der Waals surface area contributed by atoms with Gasteiger partial charge in [-0.25, -0.2) is 4.99 Å². The Balaban J connectivity index is 0.00000341. The van der Waals surface area contributed by atoms with Gasteiger partial charge in [-0.2, -0.15) is 0 Å². The molecule has 168 valence electrons. The van der Waals surface area contributed by atoms with Crippen molar-refractivity contribution in [2.75, 3.05) is 24.5 Å². The standard InChI is InChI=1S/C24H32N4O2.HI/c1-2-25-24(26-16-15-22(29)20-8-4-3-5-9-20)27-18-19-11-13-21(14-12-19)28-17-7-6-10-23(28)30;/h3-5,8-9,11-14,22,29H,2,6-7,10,15-18H2,1H3,(H2,25,26,27);1H. The predicted octanol–water partition coefficient (Wildman–Crippen LogP) is 4.00. The number of hydrogen-bond acceptors (Lipinski definition) is 3. The van der Waals surface area contributed by atoms with E-state index in [0.717, 1.165) is 48.7 Å². The number of hydrogen-bond donors (Lipinski definition) is 3. The first-order valence-corrected chi connectivity index (χ1v) is 10.8. The summed E-state index contributed by atoms with van der Waals surface area (Å²) in [5.74, 6) is 0.941. The number of rotatable bonds is 8. The molecule has 0 saturated carbocycles. The Hall–Kier alpha value is -2.13. The van der Waals surface area contributed by atoms with E-state index in [-0.39, 0.29) is 29.9 Å². The number of halogens is 1. The fraction of sp³-hybridized carbons (Fsp3) is 0.417. The Morgan fingerprint density at radius 1 is 1.10 bits per heavy atom. The summed E-state index contributed by atoms with van der Waals surface area (Å²) < 4.78 is 0. The number of nitrogens with zero attached hydrogens (tertiary/aromatic N) is 2. The summed E-state index contributed by atoms with van der Waals surface area (Å²) >= 11 is 0. The minimum absolute atomic E-state index is 0. The molecule has 7 heteroatoms. The minimum Gasteiger partial charge on any atom is -0.388 e. The van der Waals surface area contributed by atoms with Crippen LogP contribution in [0.5, 0.6) is 0 Å². The monoisotopic (exact) mass is 536 g/mol. The van der Waals surface area contributed by atoms with Gasteiger partial charge in [-0.05, 0) is 49.4 Å². The van der Waals surface area contributed by atoms with Gasteiger partial charge in [0.15, 0.2) is 5.96 Å². The second-order valence-electron chi connectivity index (χ2n) is 7.51. The van der Waals surface area contributed by atoms with Crippen LogP contribution in [0.15, 0.2) is 59.6 Å². The van der Waals surface area contributed by atoms with Crippen molar-refractivity contribution in [3.05, 3.63) is 65.7 Å². The second-order valence-corrected chi connectivity index (χ2v) is 7.51. The fourth-order valence-electron chi connectivity index (χ4n) is 3.54. The average Bonchev–Trinajstić information content (AvgIpc) is 2.79. The SMILES string of the molecule is CCNC(=NCc1ccc(N2CCCCC2=O)cc1)NCCC(O)c1ccccc1.I. The van der Waals surface area contributed by atoms with Crippen LogP contribution in [0.1, 0.15) is 49.8 Å². The van der Waals surface area contributed by atoms with E-state index >= 15 is 0 Å². The molecule has 1 aliphatic heterocycles. The van der Waals surface area contributed by atoms with Crippen molar-refractivity contribution in [1.82, 2.24) is 10.6 Å². The lowest BCUT2D eigenvalue weighted by atomic mass is 10.1. The lowest BCUT2D eigenvalue weighted by Gasteiger charge is -2.26. The molecule has 2 aromatic carbocycles. The highest BCUT2D eigenvalue weighted by molar-refractivity contribution is 14.0. The molecule has 1 amide bonds. The molecule has 3 N–H and O–H groups in total. The summed E-state index contributed by atoms with van der Waals surface area (Å²) in [6, 6.07) is 17.8. The van der Waals surface area contributed by atoms with E-state index in [4.69, 9.17) is 0 Å². The van der Waals surface area contributed by atoms with Gasteiger partial charge in [-0.15, -0.1) is 24.0 Å². The lowest BCUT2D eigenvalue weighted by Crippen LogP contribution is -2.38. The highest BCUT2D eigenvalue weighted by Gasteiger charge is 2.19. The highest BCUT2D eigenvalue weighted by atomic mass is 127. The van der Waals surface area contributed by atoms with Crippen LogP contribution >= 0.6 is 24.0 Å². The van der Waals surface area contributed by atoms with E-state index in [9.17, 15) is 9.90 Å². The Kier molecular flexibility index (Phi) is 10.8. The molecule has 0 aromatic heterocycles. The Morgan fingerprint density at radius 3 is 2.52 bits per heavy atom. The second kappa shape index (κ2) is 13.3. The van der Waals surface area contributed by atoms with Crippen molar-refractivity contribution in [3.63, 3.8) is 0 Å². The molecule has 1 aliphatic rings. The summed E-state index contributed by atoms with van der Waals surface area (Å²) in [7, 11) is 0. The van der Waals surface area contributed by atoms with E-state index < -0.39 is 6.10 Å². The van der Waals surface area contributed by atoms with E-state index in [0.29, 0.717) is 25.9 Å². The maximum Gasteiger partial charge on any atom is 0.226 e. The zero-order chi connectivity index (χ0) is 21.2. The maximum absolute atomic E-state index is 12.1. The molecule has 6 nitrogen and oxygen atoms in total. The summed E-state index contributed by atoms with van der Waals surface area (Å²) in [4.78, 5) is 18.6. The molecular formula is C24H33IN4O2. The van der Waals surface area contributed by atoms with Crippen molar-refractivity contribution in [1.29, 1.82) is 0 Å². The van der Waals surface area contributed by atoms with Crippen LogP contribution in [-0.2, 0) is 11.3 Å². The van der Waals surface area contributed by atoms with Crippen LogP contribution in [0.4, 0.5) is 5.69 Å². The molecule has 1 atom stereocenters. The third kappa shape index (κ3) is 7.81. The van der Waals surface area contributed by atoms with Gasteiger partial charge in [0.2, 0.25) is 5.91 Å². The summed E-state index contributed by atoms with van der Waals surface area (Å²) in [6.45, 7) is 4.77. The van der Waals surface area contributed by atoms with Gasteiger partial charge in [0.1, 0.15) is 0 Å². The van der Waals surface area contributed by atoms with Crippen molar-refractivity contribution >= 4 is 41.5 Å². The smallest absolute Gasteiger partial charge is 0.226 e. The van der Waals surface area contributed by atoms with Gasteiger partial charge in [-0.1, -0.05) is 42.5 Å². The van der Waals surface area contributed by atoms with Gasteiger partial charge in [-0.3, -0.25) is 4.79 Å². The molecule has 0 spiro atoms. The number of guanidine groups is 1. The molecule has 1 unspecified atom stereocenters. The topological polar surface area (TPSA) is 77.0 Å². The van der Waals surface area contributed by atoms with Crippen molar-refractivity contribution in [2.24, 2.45) is 4.99 Å². The molecule has 2 aromatic rings. The number of benzene rings is 2. The summed E-state index contributed by atoms with van der Waals surface area (Å²) in [6.07, 6.45) is 2.81. The number of nitrogens with one attached hydrogen (secondary N) is 2. The van der Waals surface area contributed by atoms with Crippen molar-refractivity contribution in [2.45, 2.75) is 45.3 Å². The first-order chi connectivity index (χ1) is 14.7. The van der Waals surface area contributed by atoms with E-state index in [1.807, 2.05) is 66.4 Å². The Bertz CT molecular complexity index is 827. The van der Waals surface area contributed by atoms with Crippen molar-refractivity contribution < 1.29 is 9.90 Å². The third-order valence-corrected chi connectivity index (χ3v) is 5.23. The van der Waals surface area contributed by atoms with E-state index in [1.165, 1.54) is 0 Å². The van der Waals surface area contributed by atoms with Crippen molar-refractivity contribution in [3.8, 4) is 0 Å². The van der Waals surface area contributed by atoms with Crippen LogP contribution in [0, 0.1) is 0 Å². The number of carbonyl (C=O) groups excluding carboxylic acids is 1. The number of aliphatic imine (C=N–C) groups is 1. The van der Waals surface area contributed by atoms with E-state index in [2.05, 4.69) is 15.6 Å². The molecule has 1 heterocycles. The Labute approximate surface area is 202 Å². The predicted molar refractivity (Wildman–Crippen MR) is 137 cm³/mol. The lowest BCUT2D eigenvalue weighted by molar-refractivity contribution is -0.119. The normalized spacial score (nSPS) is 15.2. The van der Waals surface area contributed by atoms with Gasteiger partial charge in [0.05, 0.1) is 12.6 Å². The van der Waals surface area contributed by atoms with E-state index in [1.54, 1.807) is 0 Å². The zero-order valence-corrected chi connectivity index (χ0v) is 20.4. The van der Waals surface area contributed by atoms with Gasteiger partial charge < -0.3 is 20.6 Å². The summed E-state index contributed by atoms with van der Waals surface area (Å²) in [5, 5.41) is 16.8. The first kappa shape index (κ1) is 25.1. The largest absolute Gasteiger partial charge is 0.388 e. The van der Waals surface area contributed by atoms with Crippen LogP contribution in [0.25, 0.3) is 0 Å². The maximum atomic E-state index is 12.1. The quantitative estimate of drug-likeness (QED) is 0.271.